The van der Waals surface area contributed by atoms with Crippen LogP contribution in [-0.2, 0) is 9.53 Å². The Labute approximate surface area is 103 Å². The molecule has 0 saturated heterocycles. The predicted octanol–water partition coefficient (Wildman–Crippen LogP) is 3.33. The average Bonchev–Trinajstić information content (AvgIpc) is 2.00. The zero-order valence-electron chi connectivity index (χ0n) is 8.50. The van der Waals surface area contributed by atoms with Crippen molar-refractivity contribution < 1.29 is 31.5 Å². The molecule has 0 aromatic carbocycles. The largest absolute Gasteiger partial charge is 0.465 e. The first-order valence-electron chi connectivity index (χ1n) is 4.25. The number of carbonyl (C=O) groups excluding carboxylic acids is 1. The monoisotopic (exact) mass is 360 g/mol. The number of hydrogen-bond donors (Lipinski definition) is 0. The first-order valence-corrected chi connectivity index (χ1v) is 5.32. The van der Waals surface area contributed by atoms with Crippen LogP contribution in [0, 0.1) is 0 Å². The number of esters is 1. The second-order valence-electron chi connectivity index (χ2n) is 3.30. The first-order chi connectivity index (χ1) is 6.94. The fourth-order valence-corrected chi connectivity index (χ4v) is 1.51. The van der Waals surface area contributed by atoms with Crippen molar-refractivity contribution in [1.29, 1.82) is 0 Å². The summed E-state index contributed by atoms with van der Waals surface area (Å²) in [5.74, 6) is -5.99. The molecule has 0 N–H and O–H groups in total. The maximum atomic E-state index is 12.7. The standard InChI is InChI=1S/C8H10F5IO2/c1-3-16-5(15)6(2,14)4-7(9,10)8(11,12)13/h3-4H2,1-2H3. The van der Waals surface area contributed by atoms with Gasteiger partial charge in [0.1, 0.15) is 3.42 Å². The van der Waals surface area contributed by atoms with Gasteiger partial charge in [0.15, 0.2) is 0 Å². The summed E-state index contributed by atoms with van der Waals surface area (Å²) in [4.78, 5) is 11.1. The SMILES string of the molecule is CCOC(=O)C(C)(I)CC(F)(F)C(F)(F)F. The molecular weight excluding hydrogens is 350 g/mol. The van der Waals surface area contributed by atoms with Crippen LogP contribution in [-0.4, -0.2) is 28.1 Å². The fraction of sp³-hybridized carbons (Fsp3) is 0.875. The molecule has 0 bridgehead atoms. The summed E-state index contributed by atoms with van der Waals surface area (Å²) in [5.41, 5.74) is 0. The van der Waals surface area contributed by atoms with Crippen molar-refractivity contribution in [3.63, 3.8) is 0 Å². The number of hydrogen-bond acceptors (Lipinski definition) is 2. The Bertz CT molecular complexity index is 262. The van der Waals surface area contributed by atoms with Crippen LogP contribution in [0.1, 0.15) is 20.3 Å². The molecule has 0 aromatic heterocycles. The second kappa shape index (κ2) is 5.01. The van der Waals surface area contributed by atoms with Gasteiger partial charge < -0.3 is 4.74 Å². The van der Waals surface area contributed by atoms with Gasteiger partial charge in [-0.05, 0) is 13.8 Å². The van der Waals surface area contributed by atoms with Gasteiger partial charge in [-0.2, -0.15) is 22.0 Å². The Morgan fingerprint density at radius 1 is 1.25 bits per heavy atom. The van der Waals surface area contributed by atoms with Gasteiger partial charge in [-0.1, -0.05) is 22.6 Å². The third-order valence-electron chi connectivity index (χ3n) is 1.67. The van der Waals surface area contributed by atoms with E-state index in [1.54, 1.807) is 0 Å². The van der Waals surface area contributed by atoms with Crippen LogP contribution in [0.25, 0.3) is 0 Å². The molecule has 1 atom stereocenters. The van der Waals surface area contributed by atoms with Crippen molar-refractivity contribution in [1.82, 2.24) is 0 Å². The molecule has 2 nitrogen and oxygen atoms in total. The van der Waals surface area contributed by atoms with E-state index in [0.717, 1.165) is 6.92 Å². The highest BCUT2D eigenvalue weighted by molar-refractivity contribution is 14.1. The molecular formula is C8H10F5IO2. The van der Waals surface area contributed by atoms with Gasteiger partial charge in [-0.3, -0.25) is 4.79 Å². The molecule has 0 radical (unpaired) electrons. The molecule has 0 spiro atoms. The molecule has 0 aliphatic heterocycles. The van der Waals surface area contributed by atoms with Crippen LogP contribution < -0.4 is 0 Å². The lowest BCUT2D eigenvalue weighted by Crippen LogP contribution is -2.45. The minimum Gasteiger partial charge on any atom is -0.465 e. The van der Waals surface area contributed by atoms with Crippen molar-refractivity contribution in [2.45, 2.75) is 35.8 Å². The maximum absolute atomic E-state index is 12.7. The van der Waals surface area contributed by atoms with Crippen LogP contribution >= 0.6 is 22.6 Å². The van der Waals surface area contributed by atoms with Crippen LogP contribution in [0.2, 0.25) is 0 Å². The maximum Gasteiger partial charge on any atom is 0.453 e. The number of carbonyl (C=O) groups is 1. The number of halogens is 6. The third kappa shape index (κ3) is 4.02. The van der Waals surface area contributed by atoms with E-state index in [1.165, 1.54) is 29.5 Å². The van der Waals surface area contributed by atoms with E-state index in [0.29, 0.717) is 0 Å². The molecule has 0 amide bonds. The van der Waals surface area contributed by atoms with Crippen molar-refractivity contribution in [3.05, 3.63) is 0 Å². The smallest absolute Gasteiger partial charge is 0.453 e. The molecule has 0 rings (SSSR count). The molecule has 8 heteroatoms. The zero-order valence-corrected chi connectivity index (χ0v) is 10.7. The highest BCUT2D eigenvalue weighted by Crippen LogP contribution is 2.43. The Morgan fingerprint density at radius 2 is 1.69 bits per heavy atom. The van der Waals surface area contributed by atoms with E-state index in [4.69, 9.17) is 0 Å². The summed E-state index contributed by atoms with van der Waals surface area (Å²) < 4.78 is 63.6. The van der Waals surface area contributed by atoms with Crippen LogP contribution in [0.5, 0.6) is 0 Å². The van der Waals surface area contributed by atoms with Gasteiger partial charge in [0.2, 0.25) is 0 Å². The highest BCUT2D eigenvalue weighted by Gasteiger charge is 2.61. The number of alkyl halides is 6. The highest BCUT2D eigenvalue weighted by atomic mass is 127. The summed E-state index contributed by atoms with van der Waals surface area (Å²) >= 11 is 1.24. The molecule has 0 fully saturated rings. The molecule has 0 saturated carbocycles. The third-order valence-corrected chi connectivity index (χ3v) is 2.49. The molecule has 0 aliphatic carbocycles. The number of ether oxygens (including phenoxy) is 1. The van der Waals surface area contributed by atoms with Gasteiger partial charge in [0.05, 0.1) is 6.61 Å². The van der Waals surface area contributed by atoms with Crippen molar-refractivity contribution >= 4 is 28.6 Å². The Morgan fingerprint density at radius 3 is 2.00 bits per heavy atom. The van der Waals surface area contributed by atoms with E-state index < -0.39 is 27.9 Å². The van der Waals surface area contributed by atoms with Crippen molar-refractivity contribution in [2.75, 3.05) is 6.61 Å². The van der Waals surface area contributed by atoms with E-state index in [9.17, 15) is 26.7 Å². The van der Waals surface area contributed by atoms with Crippen LogP contribution in [0.4, 0.5) is 22.0 Å². The molecule has 0 aliphatic rings. The van der Waals surface area contributed by atoms with Crippen LogP contribution in [0.15, 0.2) is 0 Å². The Kier molecular flexibility index (Phi) is 4.96. The van der Waals surface area contributed by atoms with Gasteiger partial charge in [-0.25, -0.2) is 0 Å². The summed E-state index contributed by atoms with van der Waals surface area (Å²) in [7, 11) is 0. The average molecular weight is 360 g/mol. The fourth-order valence-electron chi connectivity index (χ4n) is 0.871. The first kappa shape index (κ1) is 15.9. The summed E-state index contributed by atoms with van der Waals surface area (Å²) in [6.45, 7) is 2.34. The van der Waals surface area contributed by atoms with Gasteiger partial charge >= 0.3 is 18.1 Å². The molecule has 0 heterocycles. The topological polar surface area (TPSA) is 26.3 Å². The summed E-state index contributed by atoms with van der Waals surface area (Å²) in [6, 6.07) is 0. The lowest BCUT2D eigenvalue weighted by molar-refractivity contribution is -0.285. The van der Waals surface area contributed by atoms with Crippen molar-refractivity contribution in [3.8, 4) is 0 Å². The lowest BCUT2D eigenvalue weighted by atomic mass is 10.0. The summed E-state index contributed by atoms with van der Waals surface area (Å²) in [5, 5.41) is 0. The number of rotatable bonds is 4. The predicted molar refractivity (Wildman–Crippen MR) is 54.7 cm³/mol. The van der Waals surface area contributed by atoms with Crippen molar-refractivity contribution in [2.24, 2.45) is 0 Å². The lowest BCUT2D eigenvalue weighted by Gasteiger charge is -2.27. The molecule has 0 aromatic rings. The molecule has 96 valence electrons. The normalized spacial score (nSPS) is 16.8. The Balaban J connectivity index is 4.77. The zero-order chi connectivity index (χ0) is 13.2. The van der Waals surface area contributed by atoms with Gasteiger partial charge in [0.25, 0.3) is 0 Å². The van der Waals surface area contributed by atoms with Gasteiger partial charge in [-0.15, -0.1) is 0 Å². The van der Waals surface area contributed by atoms with E-state index in [-0.39, 0.29) is 6.61 Å². The van der Waals surface area contributed by atoms with E-state index in [2.05, 4.69) is 4.74 Å². The van der Waals surface area contributed by atoms with E-state index >= 15 is 0 Å². The quantitative estimate of drug-likeness (QED) is 0.333. The molecule has 1 unspecified atom stereocenters. The van der Waals surface area contributed by atoms with Crippen LogP contribution in [0.3, 0.4) is 0 Å². The van der Waals surface area contributed by atoms with Gasteiger partial charge in [0, 0.05) is 6.42 Å². The summed E-state index contributed by atoms with van der Waals surface area (Å²) in [6.07, 6.45) is -7.30. The van der Waals surface area contributed by atoms with E-state index in [1.807, 2.05) is 0 Å². The Hall–Kier alpha value is -0.150. The second-order valence-corrected chi connectivity index (χ2v) is 5.68. The molecule has 16 heavy (non-hydrogen) atoms. The minimum absolute atomic E-state index is 0.0744. The minimum atomic E-state index is -5.66.